The van der Waals surface area contributed by atoms with Crippen molar-refractivity contribution in [2.45, 2.75) is 24.7 Å². The monoisotopic (exact) mass is 319 g/mol. The van der Waals surface area contributed by atoms with Crippen molar-refractivity contribution in [3.63, 3.8) is 0 Å². The van der Waals surface area contributed by atoms with Gasteiger partial charge in [-0.1, -0.05) is 24.6 Å². The van der Waals surface area contributed by atoms with Crippen molar-refractivity contribution in [1.82, 2.24) is 10.0 Å². The van der Waals surface area contributed by atoms with Gasteiger partial charge in [0.15, 0.2) is 0 Å². The number of rotatable bonds is 7. The fourth-order valence-corrected chi connectivity index (χ4v) is 3.24. The molecule has 0 aliphatic rings. The van der Waals surface area contributed by atoms with Crippen LogP contribution in [0.1, 0.15) is 19.8 Å². The van der Waals surface area contributed by atoms with Crippen LogP contribution in [0.3, 0.4) is 0 Å². The van der Waals surface area contributed by atoms with E-state index in [0.29, 0.717) is 6.54 Å². The number of sulfonamides is 1. The lowest BCUT2D eigenvalue weighted by molar-refractivity contribution is -0.120. The molecule has 0 fully saturated rings. The van der Waals surface area contributed by atoms with Gasteiger partial charge in [0.1, 0.15) is 4.90 Å². The number of nitrogens with one attached hydrogen (secondary N) is 2. The van der Waals surface area contributed by atoms with Gasteiger partial charge in [-0.25, -0.2) is 13.1 Å². The van der Waals surface area contributed by atoms with Crippen LogP contribution in [0.15, 0.2) is 23.1 Å². The average molecular weight is 320 g/mol. The molecule has 0 bridgehead atoms. The van der Waals surface area contributed by atoms with Crippen LogP contribution < -0.4 is 15.8 Å². The molecule has 8 heteroatoms. The zero-order chi connectivity index (χ0) is 15.2. The minimum Gasteiger partial charge on any atom is -0.398 e. The highest BCUT2D eigenvalue weighted by atomic mass is 35.5. The van der Waals surface area contributed by atoms with Crippen molar-refractivity contribution in [3.05, 3.63) is 23.2 Å². The number of hydrogen-bond acceptors (Lipinski definition) is 4. The number of nitrogens with two attached hydrogens (primary N) is 1. The summed E-state index contributed by atoms with van der Waals surface area (Å²) in [6.45, 7) is 2.49. The van der Waals surface area contributed by atoms with Gasteiger partial charge < -0.3 is 11.1 Å². The second-order valence-corrected chi connectivity index (χ2v) is 6.27. The molecule has 0 spiro atoms. The molecule has 0 heterocycles. The first-order valence-corrected chi connectivity index (χ1v) is 8.05. The fraction of sp³-hybridized carbons (Fsp3) is 0.417. The maximum Gasteiger partial charge on any atom is 0.244 e. The summed E-state index contributed by atoms with van der Waals surface area (Å²) in [5.74, 6) is -0.207. The maximum atomic E-state index is 12.1. The summed E-state index contributed by atoms with van der Waals surface area (Å²) in [5.41, 5.74) is 5.69. The van der Waals surface area contributed by atoms with Crippen LogP contribution in [0, 0.1) is 0 Å². The minimum atomic E-state index is -3.82. The van der Waals surface area contributed by atoms with Gasteiger partial charge in [-0.05, 0) is 18.6 Å². The second-order valence-electron chi connectivity index (χ2n) is 4.16. The van der Waals surface area contributed by atoms with Crippen LogP contribution in [-0.4, -0.2) is 27.4 Å². The first-order valence-electron chi connectivity index (χ1n) is 6.19. The zero-order valence-electron chi connectivity index (χ0n) is 11.1. The molecule has 20 heavy (non-hydrogen) atoms. The van der Waals surface area contributed by atoms with Crippen LogP contribution in [0.25, 0.3) is 0 Å². The SMILES string of the molecule is CCCNC(=O)CCNS(=O)(=O)c1c(N)cccc1Cl. The predicted octanol–water partition coefficient (Wildman–Crippen LogP) is 1.12. The smallest absolute Gasteiger partial charge is 0.244 e. The molecule has 0 aliphatic carbocycles. The third kappa shape index (κ3) is 4.66. The van der Waals surface area contributed by atoms with Crippen LogP contribution >= 0.6 is 11.6 Å². The molecule has 1 rings (SSSR count). The lowest BCUT2D eigenvalue weighted by Crippen LogP contribution is -2.31. The Bertz CT molecular complexity index is 555. The van der Waals surface area contributed by atoms with Gasteiger partial charge in [0.05, 0.1) is 10.7 Å². The average Bonchev–Trinajstić information content (AvgIpc) is 2.35. The van der Waals surface area contributed by atoms with E-state index < -0.39 is 10.0 Å². The Hall–Kier alpha value is -1.31. The number of nitrogen functional groups attached to an aromatic ring is 1. The molecule has 6 nitrogen and oxygen atoms in total. The molecule has 1 aromatic carbocycles. The third-order valence-electron chi connectivity index (χ3n) is 2.48. The van der Waals surface area contributed by atoms with Gasteiger partial charge in [-0.2, -0.15) is 0 Å². The lowest BCUT2D eigenvalue weighted by Gasteiger charge is -2.10. The molecule has 0 aliphatic heterocycles. The summed E-state index contributed by atoms with van der Waals surface area (Å²) in [5, 5.41) is 2.71. The number of carbonyl (C=O) groups excluding carboxylic acids is 1. The number of carbonyl (C=O) groups is 1. The molecular weight excluding hydrogens is 302 g/mol. The normalized spacial score (nSPS) is 11.3. The van der Waals surface area contributed by atoms with Gasteiger partial charge in [-0.15, -0.1) is 0 Å². The molecule has 1 amide bonds. The van der Waals surface area contributed by atoms with Crippen molar-refractivity contribution < 1.29 is 13.2 Å². The van der Waals surface area contributed by atoms with E-state index in [4.69, 9.17) is 17.3 Å². The Morgan fingerprint density at radius 1 is 1.35 bits per heavy atom. The standard InChI is InChI=1S/C12H18ClN3O3S/c1-2-7-15-11(17)6-8-16-20(18,19)12-9(13)4-3-5-10(12)14/h3-5,16H,2,6-8,14H2,1H3,(H,15,17). The zero-order valence-corrected chi connectivity index (χ0v) is 12.7. The van der Waals surface area contributed by atoms with Crippen LogP contribution in [0.4, 0.5) is 5.69 Å². The molecule has 1 aromatic rings. The fourth-order valence-electron chi connectivity index (χ4n) is 1.53. The second kappa shape index (κ2) is 7.47. The number of amides is 1. The van der Waals surface area contributed by atoms with Crippen molar-refractivity contribution in [3.8, 4) is 0 Å². The summed E-state index contributed by atoms with van der Waals surface area (Å²) < 4.78 is 26.4. The van der Waals surface area contributed by atoms with Gasteiger partial charge in [0, 0.05) is 19.5 Å². The topological polar surface area (TPSA) is 101 Å². The quantitative estimate of drug-likeness (QED) is 0.655. The van der Waals surface area contributed by atoms with Crippen molar-refractivity contribution in [2.24, 2.45) is 0 Å². The van der Waals surface area contributed by atoms with Crippen molar-refractivity contribution in [2.75, 3.05) is 18.8 Å². The van der Waals surface area contributed by atoms with Crippen LogP contribution in [0.5, 0.6) is 0 Å². The van der Waals surface area contributed by atoms with Crippen LogP contribution in [0.2, 0.25) is 5.02 Å². The highest BCUT2D eigenvalue weighted by molar-refractivity contribution is 7.89. The Morgan fingerprint density at radius 2 is 2.05 bits per heavy atom. The summed E-state index contributed by atoms with van der Waals surface area (Å²) in [6.07, 6.45) is 0.886. The number of halogens is 1. The van der Waals surface area contributed by atoms with E-state index in [1.54, 1.807) is 6.07 Å². The van der Waals surface area contributed by atoms with E-state index in [1.807, 2.05) is 6.92 Å². The van der Waals surface area contributed by atoms with E-state index >= 15 is 0 Å². The molecule has 112 valence electrons. The van der Waals surface area contributed by atoms with E-state index in [1.165, 1.54) is 12.1 Å². The molecule has 0 unspecified atom stereocenters. The molecule has 4 N–H and O–H groups in total. The summed E-state index contributed by atoms with van der Waals surface area (Å²) in [7, 11) is -3.82. The Kier molecular flexibility index (Phi) is 6.25. The van der Waals surface area contributed by atoms with E-state index in [0.717, 1.165) is 6.42 Å². The molecule has 0 radical (unpaired) electrons. The Morgan fingerprint density at radius 3 is 2.65 bits per heavy atom. The number of anilines is 1. The lowest BCUT2D eigenvalue weighted by atomic mass is 10.3. The highest BCUT2D eigenvalue weighted by Gasteiger charge is 2.20. The number of benzene rings is 1. The molecule has 0 saturated heterocycles. The summed E-state index contributed by atoms with van der Waals surface area (Å²) >= 11 is 5.85. The largest absolute Gasteiger partial charge is 0.398 e. The van der Waals surface area contributed by atoms with E-state index in [2.05, 4.69) is 10.0 Å². The van der Waals surface area contributed by atoms with Crippen molar-refractivity contribution >= 4 is 33.2 Å². The molecular formula is C12H18ClN3O3S. The number of hydrogen-bond donors (Lipinski definition) is 3. The van der Waals surface area contributed by atoms with E-state index in [9.17, 15) is 13.2 Å². The van der Waals surface area contributed by atoms with Crippen LogP contribution in [-0.2, 0) is 14.8 Å². The van der Waals surface area contributed by atoms with Gasteiger partial charge in [0.2, 0.25) is 15.9 Å². The first-order chi connectivity index (χ1) is 9.38. The molecule has 0 aromatic heterocycles. The van der Waals surface area contributed by atoms with Gasteiger partial charge in [0.25, 0.3) is 0 Å². The predicted molar refractivity (Wildman–Crippen MR) is 79.0 cm³/mol. The van der Waals surface area contributed by atoms with Crippen molar-refractivity contribution in [1.29, 1.82) is 0 Å². The Balaban J connectivity index is 2.65. The van der Waals surface area contributed by atoms with Gasteiger partial charge >= 0.3 is 0 Å². The molecule has 0 atom stereocenters. The maximum absolute atomic E-state index is 12.1. The minimum absolute atomic E-state index is 0.0114. The molecule has 0 saturated carbocycles. The third-order valence-corrected chi connectivity index (χ3v) is 4.49. The van der Waals surface area contributed by atoms with Gasteiger partial charge in [-0.3, -0.25) is 4.79 Å². The van der Waals surface area contributed by atoms with E-state index in [-0.39, 0.29) is 34.5 Å². The summed E-state index contributed by atoms with van der Waals surface area (Å²) in [4.78, 5) is 11.2. The summed E-state index contributed by atoms with van der Waals surface area (Å²) in [6, 6.07) is 4.46. The first kappa shape index (κ1) is 16.7. The highest BCUT2D eigenvalue weighted by Crippen LogP contribution is 2.26. The Labute approximate surface area is 123 Å².